The summed E-state index contributed by atoms with van der Waals surface area (Å²) in [6.45, 7) is 15.9. The number of ether oxygens (including phenoxy) is 2. The highest BCUT2D eigenvalue weighted by molar-refractivity contribution is 5.61. The molecule has 2 heterocycles. The molecule has 76 heavy (non-hydrogen) atoms. The molecule has 10 nitrogen and oxygen atoms in total. The molecule has 10 rings (SSSR count). The molecule has 6 aromatic rings. The van der Waals surface area contributed by atoms with Gasteiger partial charge in [0.05, 0.1) is 0 Å². The molecular formula is C66H84N4O6. The van der Waals surface area contributed by atoms with Crippen LogP contribution in [0.1, 0.15) is 134 Å². The molecule has 6 aromatic carbocycles. The van der Waals surface area contributed by atoms with E-state index in [1.54, 1.807) is 12.1 Å². The van der Waals surface area contributed by atoms with Crippen LogP contribution in [-0.2, 0) is 38.8 Å². The van der Waals surface area contributed by atoms with Crippen molar-refractivity contribution in [2.75, 3.05) is 75.4 Å². The van der Waals surface area contributed by atoms with Crippen molar-refractivity contribution in [2.45, 2.75) is 129 Å². The van der Waals surface area contributed by atoms with Gasteiger partial charge in [-0.25, -0.2) is 0 Å². The molecule has 0 bridgehead atoms. The summed E-state index contributed by atoms with van der Waals surface area (Å²) in [4.78, 5) is 9.78. The van der Waals surface area contributed by atoms with Crippen LogP contribution in [0.4, 0.5) is 11.4 Å². The number of rotatable bonds is 18. The molecule has 10 heteroatoms. The van der Waals surface area contributed by atoms with E-state index >= 15 is 0 Å². The summed E-state index contributed by atoms with van der Waals surface area (Å²) in [7, 11) is 0. The fourth-order valence-corrected chi connectivity index (χ4v) is 12.2. The Balaban J connectivity index is 0.000000186. The largest absolute Gasteiger partial charge is 0.508 e. The zero-order chi connectivity index (χ0) is 52.6. The van der Waals surface area contributed by atoms with Crippen molar-refractivity contribution in [3.63, 3.8) is 0 Å². The first-order valence-electron chi connectivity index (χ1n) is 28.8. The van der Waals surface area contributed by atoms with Gasteiger partial charge in [0.25, 0.3) is 0 Å². The number of hydrogen-bond donors (Lipinski definition) is 4. The highest BCUT2D eigenvalue weighted by atomic mass is 16.5. The van der Waals surface area contributed by atoms with Crippen molar-refractivity contribution in [1.82, 2.24) is 9.80 Å². The van der Waals surface area contributed by atoms with Crippen LogP contribution in [0.15, 0.2) is 121 Å². The van der Waals surface area contributed by atoms with Gasteiger partial charge in [0.15, 0.2) is 0 Å². The van der Waals surface area contributed by atoms with E-state index in [2.05, 4.69) is 106 Å². The maximum Gasteiger partial charge on any atom is 0.119 e. The third kappa shape index (κ3) is 15.0. The molecule has 0 amide bonds. The molecule has 4 N–H and O–H groups in total. The van der Waals surface area contributed by atoms with E-state index in [1.807, 2.05) is 36.4 Å². The number of nitrogens with zero attached hydrogens (tertiary/aromatic N) is 4. The highest BCUT2D eigenvalue weighted by Gasteiger charge is 2.27. The Morgan fingerprint density at radius 1 is 0.434 bits per heavy atom. The number of likely N-dealkylation sites (tertiary alicyclic amines) is 2. The second kappa shape index (κ2) is 27.1. The van der Waals surface area contributed by atoms with Gasteiger partial charge in [-0.15, -0.1) is 0 Å². The number of hydrogen-bond acceptors (Lipinski definition) is 10. The molecular weight excluding hydrogens is 945 g/mol. The van der Waals surface area contributed by atoms with Crippen LogP contribution in [0.3, 0.4) is 0 Å². The molecule has 0 unspecified atom stereocenters. The Morgan fingerprint density at radius 3 is 1.18 bits per heavy atom. The third-order valence-corrected chi connectivity index (χ3v) is 16.5. The summed E-state index contributed by atoms with van der Waals surface area (Å²) < 4.78 is 12.1. The number of aryl methyl sites for hydroxylation is 2. The van der Waals surface area contributed by atoms with Gasteiger partial charge in [-0.05, 0) is 221 Å². The first kappa shape index (κ1) is 54.4. The lowest BCUT2D eigenvalue weighted by atomic mass is 9.79. The predicted molar refractivity (Wildman–Crippen MR) is 309 cm³/mol. The van der Waals surface area contributed by atoms with E-state index in [0.29, 0.717) is 34.8 Å². The molecule has 2 aliphatic carbocycles. The van der Waals surface area contributed by atoms with E-state index in [9.17, 15) is 20.4 Å². The molecule has 404 valence electrons. The Bertz CT molecular complexity index is 2560. The number of fused-ring (bicyclic) bond motifs is 2. The van der Waals surface area contributed by atoms with Gasteiger partial charge in [0.2, 0.25) is 0 Å². The first-order chi connectivity index (χ1) is 37.2. The number of phenolic OH excluding ortho intramolecular Hbond substituents is 4. The highest BCUT2D eigenvalue weighted by Crippen LogP contribution is 2.42. The second-order valence-electron chi connectivity index (χ2n) is 21.8. The Labute approximate surface area is 453 Å². The van der Waals surface area contributed by atoms with Crippen molar-refractivity contribution in [2.24, 2.45) is 0 Å². The number of aromatic hydroxyl groups is 4. The van der Waals surface area contributed by atoms with Gasteiger partial charge < -0.3 is 39.7 Å². The monoisotopic (exact) mass is 1030 g/mol. The lowest BCUT2D eigenvalue weighted by molar-refractivity contribution is 0.214. The van der Waals surface area contributed by atoms with E-state index < -0.39 is 0 Å². The van der Waals surface area contributed by atoms with Gasteiger partial charge in [-0.3, -0.25) is 9.80 Å². The molecule has 2 saturated heterocycles. The summed E-state index contributed by atoms with van der Waals surface area (Å²) >= 11 is 0. The van der Waals surface area contributed by atoms with Crippen molar-refractivity contribution < 1.29 is 29.9 Å². The quantitative estimate of drug-likeness (QED) is 0.0664. The van der Waals surface area contributed by atoms with Gasteiger partial charge in [-0.2, -0.15) is 0 Å². The number of benzene rings is 6. The van der Waals surface area contributed by atoms with Crippen molar-refractivity contribution in [1.29, 1.82) is 0 Å². The smallest absolute Gasteiger partial charge is 0.119 e. The van der Waals surface area contributed by atoms with E-state index in [0.717, 1.165) is 114 Å². The molecule has 0 spiro atoms. The molecule has 4 aliphatic rings. The first-order valence-corrected chi connectivity index (χ1v) is 28.8. The standard InChI is InChI=1S/2C33H42N2O3/c2*1-2-35(24-25-7-14-31(15-8-25)38-20-19-34-17-5-3-4-6-18-34)33-23-30(37)13-16-32(33)28-10-9-27-22-29(36)12-11-26(27)21-28/h2*7-8,11-16,22-23,28,36-37H,2-6,9-10,17-21,24H2,1H3/t2*28-/m10/s1. The van der Waals surface area contributed by atoms with E-state index in [-0.39, 0.29) is 0 Å². The van der Waals surface area contributed by atoms with Crippen LogP contribution in [0.25, 0.3) is 0 Å². The molecule has 2 fully saturated rings. The topological polar surface area (TPSA) is 112 Å². The average Bonchev–Trinajstić information content (AvgIpc) is 3.90. The molecule has 2 aliphatic heterocycles. The lowest BCUT2D eigenvalue weighted by Crippen LogP contribution is -2.29. The normalized spacial score (nSPS) is 18.0. The van der Waals surface area contributed by atoms with Crippen LogP contribution in [0.5, 0.6) is 34.5 Å². The van der Waals surface area contributed by atoms with Gasteiger partial charge in [0, 0.05) is 62.8 Å². The van der Waals surface area contributed by atoms with Gasteiger partial charge in [-0.1, -0.05) is 74.2 Å². The van der Waals surface area contributed by atoms with E-state index in [4.69, 9.17) is 9.47 Å². The summed E-state index contributed by atoms with van der Waals surface area (Å²) in [6, 6.07) is 40.2. The minimum Gasteiger partial charge on any atom is -0.508 e. The Kier molecular flexibility index (Phi) is 19.4. The van der Waals surface area contributed by atoms with E-state index in [1.165, 1.54) is 122 Å². The second-order valence-corrected chi connectivity index (χ2v) is 21.8. The Hall–Kier alpha value is -6.36. The van der Waals surface area contributed by atoms with Crippen molar-refractivity contribution >= 4 is 11.4 Å². The SMILES string of the molecule is CCN(Cc1ccc(OCCN2CCCCCC2)cc1)c1cc(O)ccc1[C@@H]1CCc2cc(O)ccc2C1.CCN(Cc1ccc(OCCN2CCCCCC2)cc1)c1cc(O)ccc1[C@H]1CCc2cc(O)ccc2C1. The fraction of sp³-hybridized carbons (Fsp3) is 0.455. The summed E-state index contributed by atoms with van der Waals surface area (Å²) in [6.07, 6.45) is 16.6. The minimum atomic E-state index is 0.302. The Morgan fingerprint density at radius 2 is 0.803 bits per heavy atom. The molecule has 0 saturated carbocycles. The van der Waals surface area contributed by atoms with Crippen molar-refractivity contribution in [3.05, 3.63) is 166 Å². The summed E-state index contributed by atoms with van der Waals surface area (Å²) in [5.74, 6) is 3.92. The van der Waals surface area contributed by atoms with Crippen molar-refractivity contribution in [3.8, 4) is 34.5 Å². The summed E-state index contributed by atoms with van der Waals surface area (Å²) in [5.41, 5.74) is 12.4. The van der Waals surface area contributed by atoms with Gasteiger partial charge >= 0.3 is 0 Å². The lowest BCUT2D eigenvalue weighted by Gasteiger charge is -2.31. The van der Waals surface area contributed by atoms with Crippen LogP contribution in [-0.4, -0.2) is 95.8 Å². The van der Waals surface area contributed by atoms with Crippen LogP contribution < -0.4 is 19.3 Å². The predicted octanol–water partition coefficient (Wildman–Crippen LogP) is 13.3. The van der Waals surface area contributed by atoms with Crippen LogP contribution in [0, 0.1) is 0 Å². The van der Waals surface area contributed by atoms with Crippen LogP contribution in [0.2, 0.25) is 0 Å². The fourth-order valence-electron chi connectivity index (χ4n) is 12.2. The third-order valence-electron chi connectivity index (χ3n) is 16.5. The average molecular weight is 1030 g/mol. The van der Waals surface area contributed by atoms with Gasteiger partial charge in [0.1, 0.15) is 47.7 Å². The molecule has 0 aromatic heterocycles. The maximum atomic E-state index is 10.4. The van der Waals surface area contributed by atoms with Crippen LogP contribution >= 0.6 is 0 Å². The number of anilines is 2. The zero-order valence-electron chi connectivity index (χ0n) is 45.5. The molecule has 2 atom stereocenters. The number of phenols is 4. The summed E-state index contributed by atoms with van der Waals surface area (Å²) in [5, 5.41) is 40.5. The maximum absolute atomic E-state index is 10.4. The minimum absolute atomic E-state index is 0.302. The zero-order valence-corrected chi connectivity index (χ0v) is 45.5. The molecule has 0 radical (unpaired) electrons.